The van der Waals surface area contributed by atoms with Crippen LogP contribution in [0, 0.1) is 0 Å². The third-order valence-corrected chi connectivity index (χ3v) is 6.39. The second kappa shape index (κ2) is 8.86. The van der Waals surface area contributed by atoms with Crippen molar-refractivity contribution in [2.45, 2.75) is 38.0 Å². The summed E-state index contributed by atoms with van der Waals surface area (Å²) in [6.07, 6.45) is -0.331. The van der Waals surface area contributed by atoms with E-state index in [1.165, 1.54) is 0 Å². The molecule has 1 saturated heterocycles. The van der Waals surface area contributed by atoms with Gasteiger partial charge in [-0.1, -0.05) is 6.92 Å². The van der Waals surface area contributed by atoms with Crippen LogP contribution in [-0.4, -0.2) is 58.8 Å². The Morgan fingerprint density at radius 2 is 1.75 bits per heavy atom. The van der Waals surface area contributed by atoms with Crippen molar-refractivity contribution in [2.24, 2.45) is 0 Å². The van der Waals surface area contributed by atoms with E-state index in [-0.39, 0.29) is 0 Å². The predicted molar refractivity (Wildman–Crippen MR) is 78.9 cm³/mol. The van der Waals surface area contributed by atoms with Crippen LogP contribution in [0.5, 0.6) is 0 Å². The van der Waals surface area contributed by atoms with Crippen LogP contribution in [0.2, 0.25) is 0 Å². The monoisotopic (exact) mass is 410 g/mol. The molecule has 1 aliphatic rings. The fraction of sp³-hybridized carbons (Fsp3) is 1.00. The molecule has 1 aliphatic heterocycles. The van der Waals surface area contributed by atoms with Crippen LogP contribution in [0.3, 0.4) is 0 Å². The zero-order chi connectivity index (χ0) is 18.6. The highest BCUT2D eigenvalue weighted by Gasteiger charge is 2.42. The molecule has 0 aromatic carbocycles. The van der Waals surface area contributed by atoms with E-state index in [9.17, 15) is 18.6 Å². The Kier molecular flexibility index (Phi) is 8.28. The highest BCUT2D eigenvalue weighted by Crippen LogP contribution is 2.66. The van der Waals surface area contributed by atoms with Crippen LogP contribution >= 0.6 is 23.5 Å². The summed E-state index contributed by atoms with van der Waals surface area (Å²) in [6.45, 7) is 1.69. The van der Waals surface area contributed by atoms with Gasteiger partial charge in [-0.05, 0) is 12.8 Å². The fourth-order valence-electron chi connectivity index (χ4n) is 1.81. The van der Waals surface area contributed by atoms with Gasteiger partial charge < -0.3 is 29.0 Å². The minimum atomic E-state index is -5.54. The molecule has 0 bridgehead atoms. The maximum atomic E-state index is 11.6. The molecule has 1 rings (SSSR count). The molecule has 0 amide bonds. The van der Waals surface area contributed by atoms with Gasteiger partial charge in [0.15, 0.2) is 0 Å². The van der Waals surface area contributed by atoms with Gasteiger partial charge in [-0.2, -0.15) is 8.62 Å². The Bertz CT molecular complexity index is 550. The van der Waals surface area contributed by atoms with Crippen molar-refractivity contribution < 1.29 is 55.9 Å². The molecule has 140 valence electrons. The molecule has 5 unspecified atom stereocenters. The van der Waals surface area contributed by atoms with E-state index in [1.807, 2.05) is 6.92 Å². The minimum Gasteiger partial charge on any atom is -0.380 e. The summed E-state index contributed by atoms with van der Waals surface area (Å²) in [5.41, 5.74) is 0. The number of rotatable bonds is 10. The van der Waals surface area contributed by atoms with Crippen LogP contribution < -0.4 is 0 Å². The number of hydrogen-bond acceptors (Lipinski definition) is 8. The second-order valence-electron chi connectivity index (χ2n) is 4.74. The maximum Gasteiger partial charge on any atom is 0.490 e. The normalized spacial score (nSPS) is 30.0. The van der Waals surface area contributed by atoms with Gasteiger partial charge in [-0.3, -0.25) is 4.52 Å². The van der Waals surface area contributed by atoms with Gasteiger partial charge in [0.1, 0.15) is 14.0 Å². The van der Waals surface area contributed by atoms with Gasteiger partial charge in [0.2, 0.25) is 0 Å². The predicted octanol–water partition coefficient (Wildman–Crippen LogP) is 0.408. The molecule has 5 atom stereocenters. The topological polar surface area (TPSA) is 178 Å². The Labute approximate surface area is 139 Å². The lowest BCUT2D eigenvalue weighted by atomic mass is 9.96. The Hall–Kier alpha value is 0.395. The second-order valence-corrected chi connectivity index (χ2v) is 9.16. The molecule has 24 heavy (non-hydrogen) atoms. The standard InChI is InChI=1S/C8H18BO12P3/c1-2-3-17-6-4-8(9)19-7(6)5-18-23(13,14)21-24(15,16)20-22(10,11)12/h6-8H,2-5H2,1H3,(H,13,14)(H,15,16)(H2,10,11,12). The van der Waals surface area contributed by atoms with Crippen molar-refractivity contribution in [3.05, 3.63) is 0 Å². The summed E-state index contributed by atoms with van der Waals surface area (Å²) >= 11 is 0. The molecule has 2 radical (unpaired) electrons. The highest BCUT2D eigenvalue weighted by molar-refractivity contribution is 7.66. The number of ether oxygens (including phenoxy) is 2. The SMILES string of the molecule is [B]C1CC(OCCC)C(COP(=O)(O)OP(=O)(O)OP(=O)(O)O)O1. The van der Waals surface area contributed by atoms with Crippen molar-refractivity contribution in [3.63, 3.8) is 0 Å². The lowest BCUT2D eigenvalue weighted by Gasteiger charge is -2.21. The molecule has 16 heteroatoms. The summed E-state index contributed by atoms with van der Waals surface area (Å²) in [5.74, 6) is 0. The molecule has 1 fully saturated rings. The van der Waals surface area contributed by atoms with Gasteiger partial charge >= 0.3 is 23.5 Å². The molecule has 0 saturated carbocycles. The van der Waals surface area contributed by atoms with Crippen LogP contribution in [-0.2, 0) is 36.3 Å². The minimum absolute atomic E-state index is 0.310. The molecule has 0 aromatic heterocycles. The van der Waals surface area contributed by atoms with Gasteiger partial charge in [-0.25, -0.2) is 13.7 Å². The summed E-state index contributed by atoms with van der Waals surface area (Å²) in [4.78, 5) is 35.2. The van der Waals surface area contributed by atoms with Crippen LogP contribution in [0.15, 0.2) is 0 Å². The lowest BCUT2D eigenvalue weighted by molar-refractivity contribution is -0.0362. The summed E-state index contributed by atoms with van der Waals surface area (Å²) in [7, 11) is -10.6. The first-order chi connectivity index (χ1) is 10.8. The van der Waals surface area contributed by atoms with E-state index < -0.39 is 48.3 Å². The highest BCUT2D eigenvalue weighted by atomic mass is 31.3. The zero-order valence-electron chi connectivity index (χ0n) is 12.5. The average molecular weight is 410 g/mol. The fourth-order valence-corrected chi connectivity index (χ4v) is 4.84. The Morgan fingerprint density at radius 1 is 1.12 bits per heavy atom. The average Bonchev–Trinajstić information content (AvgIpc) is 2.70. The van der Waals surface area contributed by atoms with E-state index in [4.69, 9.17) is 32.0 Å². The van der Waals surface area contributed by atoms with Gasteiger partial charge in [0.05, 0.1) is 12.7 Å². The molecule has 4 N–H and O–H groups in total. The van der Waals surface area contributed by atoms with Crippen LogP contribution in [0.1, 0.15) is 19.8 Å². The zero-order valence-corrected chi connectivity index (χ0v) is 15.2. The van der Waals surface area contributed by atoms with Crippen LogP contribution in [0.25, 0.3) is 0 Å². The molecule has 0 aliphatic carbocycles. The van der Waals surface area contributed by atoms with E-state index in [0.29, 0.717) is 19.4 Å². The number of hydrogen-bond donors (Lipinski definition) is 4. The van der Waals surface area contributed by atoms with Gasteiger partial charge in [0.25, 0.3) is 0 Å². The van der Waals surface area contributed by atoms with Crippen molar-refractivity contribution in [1.29, 1.82) is 0 Å². The van der Waals surface area contributed by atoms with E-state index in [1.54, 1.807) is 0 Å². The van der Waals surface area contributed by atoms with Gasteiger partial charge in [-0.15, -0.1) is 0 Å². The Balaban J connectivity index is 2.59. The number of phosphoric ester groups is 1. The van der Waals surface area contributed by atoms with Crippen LogP contribution in [0.4, 0.5) is 0 Å². The van der Waals surface area contributed by atoms with Crippen molar-refractivity contribution in [3.8, 4) is 0 Å². The van der Waals surface area contributed by atoms with Crippen molar-refractivity contribution in [2.75, 3.05) is 13.2 Å². The summed E-state index contributed by atoms with van der Waals surface area (Å²) in [6, 6.07) is -0.679. The third-order valence-electron chi connectivity index (χ3n) is 2.58. The van der Waals surface area contributed by atoms with E-state index >= 15 is 0 Å². The van der Waals surface area contributed by atoms with E-state index in [2.05, 4.69) is 13.1 Å². The largest absolute Gasteiger partial charge is 0.490 e. The van der Waals surface area contributed by atoms with Gasteiger partial charge in [0, 0.05) is 12.6 Å². The lowest BCUT2D eigenvalue weighted by Crippen LogP contribution is -2.29. The molecule has 1 heterocycles. The summed E-state index contributed by atoms with van der Waals surface area (Å²) < 4.78 is 55.6. The first-order valence-electron chi connectivity index (χ1n) is 6.64. The molecular formula is C8H18BO12P3. The summed E-state index contributed by atoms with van der Waals surface area (Å²) in [5, 5.41) is 0. The first kappa shape index (κ1) is 22.4. The third kappa shape index (κ3) is 8.67. The first-order valence-corrected chi connectivity index (χ1v) is 11.2. The van der Waals surface area contributed by atoms with Crippen molar-refractivity contribution >= 4 is 31.3 Å². The van der Waals surface area contributed by atoms with Crippen molar-refractivity contribution in [1.82, 2.24) is 0 Å². The maximum absolute atomic E-state index is 11.6. The quantitative estimate of drug-likeness (QED) is 0.288. The Morgan fingerprint density at radius 3 is 2.29 bits per heavy atom. The molecule has 0 spiro atoms. The van der Waals surface area contributed by atoms with E-state index in [0.717, 1.165) is 0 Å². The number of phosphoric acid groups is 3. The smallest absolute Gasteiger partial charge is 0.380 e. The molecular weight excluding hydrogens is 392 g/mol. The molecule has 12 nitrogen and oxygen atoms in total. The molecule has 0 aromatic rings.